The molecule has 1 heterocycles. The predicted octanol–water partition coefficient (Wildman–Crippen LogP) is 4.20. The first kappa shape index (κ1) is 17.4. The molecule has 0 radical (unpaired) electrons. The highest BCUT2D eigenvalue weighted by atomic mass is 16.2. The van der Waals surface area contributed by atoms with Crippen LogP contribution in [-0.4, -0.2) is 16.8 Å². The molecule has 0 unspecified atom stereocenters. The Kier molecular flexibility index (Phi) is 5.08. The van der Waals surface area contributed by atoms with Crippen molar-refractivity contribution in [2.45, 2.75) is 13.8 Å². The van der Waals surface area contributed by atoms with Gasteiger partial charge in [0.2, 0.25) is 0 Å². The lowest BCUT2D eigenvalue weighted by molar-refractivity contribution is 0.101. The van der Waals surface area contributed by atoms with E-state index in [1.54, 1.807) is 30.3 Å². The number of para-hydroxylation sites is 1. The number of nitrogens with zero attached hydrogens (tertiary/aromatic N) is 1. The lowest BCUT2D eigenvalue weighted by atomic mass is 10.1. The summed E-state index contributed by atoms with van der Waals surface area (Å²) in [5, 5.41) is 5.61. The minimum absolute atomic E-state index is 0.183. The Balaban J connectivity index is 1.77. The number of nitrogens with one attached hydrogen (secondary N) is 2. The van der Waals surface area contributed by atoms with Crippen molar-refractivity contribution in [3.63, 3.8) is 0 Å². The Hall–Kier alpha value is -3.47. The highest BCUT2D eigenvalue weighted by Gasteiger charge is 2.14. The number of aryl methyl sites for hydroxylation is 1. The van der Waals surface area contributed by atoms with E-state index >= 15 is 0 Å². The molecule has 2 aromatic carbocycles. The van der Waals surface area contributed by atoms with E-state index in [1.165, 1.54) is 0 Å². The van der Waals surface area contributed by atoms with Crippen molar-refractivity contribution in [2.75, 3.05) is 10.6 Å². The SMILES string of the molecule is Cc1cccc(NC(=O)c2cccc(C(=O)Nc3ccccc3)n2)c1C. The largest absolute Gasteiger partial charge is 0.321 e. The molecule has 5 nitrogen and oxygen atoms in total. The molecule has 5 heteroatoms. The smallest absolute Gasteiger partial charge is 0.274 e. The highest BCUT2D eigenvalue weighted by molar-refractivity contribution is 6.06. The zero-order chi connectivity index (χ0) is 18.5. The van der Waals surface area contributed by atoms with E-state index in [4.69, 9.17) is 0 Å². The molecule has 1 aromatic heterocycles. The summed E-state index contributed by atoms with van der Waals surface area (Å²) in [5.41, 5.74) is 3.86. The van der Waals surface area contributed by atoms with Gasteiger partial charge >= 0.3 is 0 Å². The highest BCUT2D eigenvalue weighted by Crippen LogP contribution is 2.18. The number of anilines is 2. The van der Waals surface area contributed by atoms with Crippen LogP contribution in [-0.2, 0) is 0 Å². The number of carbonyl (C=O) groups is 2. The van der Waals surface area contributed by atoms with Gasteiger partial charge in [0.05, 0.1) is 0 Å². The van der Waals surface area contributed by atoms with Gasteiger partial charge in [-0.15, -0.1) is 0 Å². The molecule has 26 heavy (non-hydrogen) atoms. The summed E-state index contributed by atoms with van der Waals surface area (Å²) in [7, 11) is 0. The Morgan fingerprint density at radius 2 is 1.35 bits per heavy atom. The van der Waals surface area contributed by atoms with Crippen molar-refractivity contribution in [1.29, 1.82) is 0 Å². The molecule has 0 bridgehead atoms. The van der Waals surface area contributed by atoms with Crippen LogP contribution in [0.25, 0.3) is 0 Å². The van der Waals surface area contributed by atoms with Crippen molar-refractivity contribution >= 4 is 23.2 Å². The van der Waals surface area contributed by atoms with Crippen LogP contribution in [0, 0.1) is 13.8 Å². The average Bonchev–Trinajstić information content (AvgIpc) is 2.66. The van der Waals surface area contributed by atoms with Gasteiger partial charge in [-0.1, -0.05) is 36.4 Å². The Labute approximate surface area is 152 Å². The molecule has 0 aliphatic carbocycles. The van der Waals surface area contributed by atoms with Crippen LogP contribution >= 0.6 is 0 Å². The van der Waals surface area contributed by atoms with E-state index in [-0.39, 0.29) is 23.2 Å². The third kappa shape index (κ3) is 3.95. The summed E-state index contributed by atoms with van der Waals surface area (Å²) in [6.07, 6.45) is 0. The van der Waals surface area contributed by atoms with Gasteiger partial charge in [-0.3, -0.25) is 9.59 Å². The van der Waals surface area contributed by atoms with Gasteiger partial charge in [0.1, 0.15) is 11.4 Å². The fraction of sp³-hybridized carbons (Fsp3) is 0.0952. The zero-order valence-corrected chi connectivity index (χ0v) is 14.6. The zero-order valence-electron chi connectivity index (χ0n) is 14.6. The minimum atomic E-state index is -0.363. The Bertz CT molecular complexity index is 952. The fourth-order valence-corrected chi connectivity index (χ4v) is 2.48. The van der Waals surface area contributed by atoms with Gasteiger partial charge in [-0.05, 0) is 55.3 Å². The van der Waals surface area contributed by atoms with E-state index in [0.29, 0.717) is 5.69 Å². The molecule has 0 spiro atoms. The average molecular weight is 345 g/mol. The second kappa shape index (κ2) is 7.61. The van der Waals surface area contributed by atoms with Gasteiger partial charge in [-0.2, -0.15) is 0 Å². The van der Waals surface area contributed by atoms with E-state index in [2.05, 4.69) is 15.6 Å². The lowest BCUT2D eigenvalue weighted by Crippen LogP contribution is -2.18. The third-order valence-corrected chi connectivity index (χ3v) is 4.10. The summed E-state index contributed by atoms with van der Waals surface area (Å²) >= 11 is 0. The van der Waals surface area contributed by atoms with Gasteiger partial charge in [0, 0.05) is 11.4 Å². The molecule has 0 atom stereocenters. The van der Waals surface area contributed by atoms with Gasteiger partial charge in [0.15, 0.2) is 0 Å². The van der Waals surface area contributed by atoms with Crippen LogP contribution in [0.4, 0.5) is 11.4 Å². The first-order valence-electron chi connectivity index (χ1n) is 8.25. The normalized spacial score (nSPS) is 10.2. The number of aromatic nitrogens is 1. The maximum absolute atomic E-state index is 12.5. The quantitative estimate of drug-likeness (QED) is 0.744. The first-order chi connectivity index (χ1) is 12.5. The lowest BCUT2D eigenvalue weighted by Gasteiger charge is -2.10. The molecule has 0 saturated heterocycles. The second-order valence-electron chi connectivity index (χ2n) is 5.93. The molecular weight excluding hydrogens is 326 g/mol. The van der Waals surface area contributed by atoms with Crippen LogP contribution in [0.3, 0.4) is 0 Å². The van der Waals surface area contributed by atoms with E-state index in [9.17, 15) is 9.59 Å². The second-order valence-corrected chi connectivity index (χ2v) is 5.93. The van der Waals surface area contributed by atoms with Crippen molar-refractivity contribution in [3.05, 3.63) is 89.2 Å². The molecule has 0 fully saturated rings. The minimum Gasteiger partial charge on any atom is -0.321 e. The molecule has 0 saturated carbocycles. The van der Waals surface area contributed by atoms with E-state index < -0.39 is 0 Å². The number of rotatable bonds is 4. The van der Waals surface area contributed by atoms with Gasteiger partial charge in [-0.25, -0.2) is 4.98 Å². The molecule has 2 N–H and O–H groups in total. The summed E-state index contributed by atoms with van der Waals surface area (Å²) in [4.78, 5) is 29.0. The van der Waals surface area contributed by atoms with Crippen molar-refractivity contribution < 1.29 is 9.59 Å². The molecule has 2 amide bonds. The van der Waals surface area contributed by atoms with Crippen molar-refractivity contribution in [3.8, 4) is 0 Å². The van der Waals surface area contributed by atoms with Crippen LogP contribution in [0.1, 0.15) is 32.1 Å². The summed E-state index contributed by atoms with van der Waals surface area (Å²) in [6.45, 7) is 3.93. The number of hydrogen-bond acceptors (Lipinski definition) is 3. The molecule has 3 aromatic rings. The van der Waals surface area contributed by atoms with Crippen molar-refractivity contribution in [1.82, 2.24) is 4.98 Å². The Morgan fingerprint density at radius 1 is 0.731 bits per heavy atom. The van der Waals surface area contributed by atoms with Crippen LogP contribution in [0.2, 0.25) is 0 Å². The number of benzene rings is 2. The molecular formula is C21H19N3O2. The van der Waals surface area contributed by atoms with E-state index in [0.717, 1.165) is 16.8 Å². The fourth-order valence-electron chi connectivity index (χ4n) is 2.48. The van der Waals surface area contributed by atoms with E-state index in [1.807, 2.05) is 50.2 Å². The van der Waals surface area contributed by atoms with Crippen LogP contribution < -0.4 is 10.6 Å². The topological polar surface area (TPSA) is 71.1 Å². The third-order valence-electron chi connectivity index (χ3n) is 4.10. The number of carbonyl (C=O) groups excluding carboxylic acids is 2. The molecule has 0 aliphatic heterocycles. The number of pyridine rings is 1. The predicted molar refractivity (Wildman–Crippen MR) is 103 cm³/mol. The monoisotopic (exact) mass is 345 g/mol. The van der Waals surface area contributed by atoms with Gasteiger partial charge in [0.25, 0.3) is 11.8 Å². The number of amides is 2. The maximum Gasteiger partial charge on any atom is 0.274 e. The van der Waals surface area contributed by atoms with Gasteiger partial charge < -0.3 is 10.6 Å². The summed E-state index contributed by atoms with van der Waals surface area (Å²) in [6, 6.07) is 19.6. The molecule has 130 valence electrons. The summed E-state index contributed by atoms with van der Waals surface area (Å²) in [5.74, 6) is -0.717. The summed E-state index contributed by atoms with van der Waals surface area (Å²) < 4.78 is 0. The standard InChI is InChI=1S/C21H19N3O2/c1-14-8-6-11-17(15(14)2)24-21(26)19-13-7-12-18(23-19)20(25)22-16-9-4-3-5-10-16/h3-13H,1-2H3,(H,22,25)(H,24,26). The van der Waals surface area contributed by atoms with Crippen LogP contribution in [0.15, 0.2) is 66.7 Å². The number of hydrogen-bond donors (Lipinski definition) is 2. The molecule has 3 rings (SSSR count). The Morgan fingerprint density at radius 3 is 2.04 bits per heavy atom. The van der Waals surface area contributed by atoms with Crippen LogP contribution in [0.5, 0.6) is 0 Å². The first-order valence-corrected chi connectivity index (χ1v) is 8.25. The molecule has 0 aliphatic rings. The van der Waals surface area contributed by atoms with Crippen molar-refractivity contribution in [2.24, 2.45) is 0 Å². The maximum atomic E-state index is 12.5.